The average molecular weight is 426 g/mol. The lowest BCUT2D eigenvalue weighted by Gasteiger charge is -2.09. The van der Waals surface area contributed by atoms with Crippen LogP contribution in [0.3, 0.4) is 0 Å². The molecule has 0 saturated carbocycles. The first kappa shape index (κ1) is 19.4. The van der Waals surface area contributed by atoms with E-state index in [-0.39, 0.29) is 5.56 Å². The molecular formula is C21H19N3O3S2. The molecule has 0 fully saturated rings. The van der Waals surface area contributed by atoms with Crippen LogP contribution < -0.4 is 20.9 Å². The Morgan fingerprint density at radius 1 is 1.10 bits per heavy atom. The summed E-state index contributed by atoms with van der Waals surface area (Å²) >= 11 is 2.84. The molecule has 0 bridgehead atoms. The molecule has 148 valence electrons. The predicted molar refractivity (Wildman–Crippen MR) is 119 cm³/mol. The van der Waals surface area contributed by atoms with Crippen LogP contribution in [-0.4, -0.2) is 29.1 Å². The van der Waals surface area contributed by atoms with E-state index in [2.05, 4.69) is 4.98 Å². The number of thiophene rings is 1. The van der Waals surface area contributed by atoms with Gasteiger partial charge in [-0.1, -0.05) is 42.1 Å². The zero-order valence-corrected chi connectivity index (χ0v) is 17.3. The summed E-state index contributed by atoms with van der Waals surface area (Å²) < 4.78 is 12.0. The van der Waals surface area contributed by atoms with Crippen molar-refractivity contribution in [3.63, 3.8) is 0 Å². The third-order valence-corrected chi connectivity index (χ3v) is 6.12. The highest BCUT2D eigenvalue weighted by atomic mass is 32.2. The highest BCUT2D eigenvalue weighted by molar-refractivity contribution is 7.99. The fourth-order valence-electron chi connectivity index (χ4n) is 2.88. The summed E-state index contributed by atoms with van der Waals surface area (Å²) in [5, 5.41) is 2.99. The summed E-state index contributed by atoms with van der Waals surface area (Å²) in [7, 11) is 1.62. The number of hydrogen-bond donors (Lipinski definition) is 1. The molecule has 2 aromatic heterocycles. The van der Waals surface area contributed by atoms with Crippen LogP contribution in [-0.2, 0) is 0 Å². The van der Waals surface area contributed by atoms with Gasteiger partial charge in [0.1, 0.15) is 16.3 Å². The Bertz CT molecular complexity index is 1170. The molecule has 0 atom stereocenters. The average Bonchev–Trinajstić information content (AvgIpc) is 3.19. The van der Waals surface area contributed by atoms with Gasteiger partial charge in [0.25, 0.3) is 5.56 Å². The number of nitrogen functional groups attached to an aromatic ring is 1. The Labute approximate surface area is 175 Å². The second-order valence-electron chi connectivity index (χ2n) is 6.14. The molecule has 0 spiro atoms. The number of nitrogens with two attached hydrogens (primary N) is 1. The maximum atomic E-state index is 12.9. The van der Waals surface area contributed by atoms with E-state index in [4.69, 9.17) is 15.3 Å². The predicted octanol–water partition coefficient (Wildman–Crippen LogP) is 4.02. The van der Waals surface area contributed by atoms with Gasteiger partial charge in [-0.2, -0.15) is 0 Å². The second kappa shape index (κ2) is 8.59. The van der Waals surface area contributed by atoms with Crippen molar-refractivity contribution in [3.8, 4) is 22.6 Å². The van der Waals surface area contributed by atoms with Crippen molar-refractivity contribution >= 4 is 33.3 Å². The van der Waals surface area contributed by atoms with E-state index in [9.17, 15) is 4.79 Å². The molecule has 0 aliphatic carbocycles. The molecule has 29 heavy (non-hydrogen) atoms. The maximum Gasteiger partial charge on any atom is 0.282 e. The number of benzene rings is 2. The van der Waals surface area contributed by atoms with Crippen LogP contribution in [0.5, 0.6) is 11.5 Å². The summed E-state index contributed by atoms with van der Waals surface area (Å²) in [5.41, 5.74) is 1.60. The molecule has 6 nitrogen and oxygen atoms in total. The number of nitrogens with zero attached hydrogens (tertiary/aromatic N) is 2. The van der Waals surface area contributed by atoms with Gasteiger partial charge in [0, 0.05) is 16.7 Å². The van der Waals surface area contributed by atoms with Crippen molar-refractivity contribution in [1.29, 1.82) is 0 Å². The van der Waals surface area contributed by atoms with Crippen molar-refractivity contribution in [2.24, 2.45) is 0 Å². The zero-order valence-electron chi connectivity index (χ0n) is 15.7. The van der Waals surface area contributed by atoms with Gasteiger partial charge in [-0.15, -0.1) is 11.3 Å². The van der Waals surface area contributed by atoms with E-state index in [0.717, 1.165) is 27.3 Å². The second-order valence-corrected chi connectivity index (χ2v) is 8.06. The lowest BCUT2D eigenvalue weighted by atomic mass is 10.1. The van der Waals surface area contributed by atoms with Crippen LogP contribution in [0.4, 0.5) is 0 Å². The Morgan fingerprint density at radius 2 is 1.83 bits per heavy atom. The fourth-order valence-corrected chi connectivity index (χ4v) is 4.60. The van der Waals surface area contributed by atoms with Crippen LogP contribution in [0, 0.1) is 0 Å². The SMILES string of the molecule is COc1ccc(OCCSc2nc3scc(-c4ccccc4)c3c(=O)n2N)cc1. The van der Waals surface area contributed by atoms with Gasteiger partial charge in [0.2, 0.25) is 0 Å². The Kier molecular flexibility index (Phi) is 5.73. The Balaban J connectivity index is 1.48. The Hall–Kier alpha value is -2.97. The molecule has 2 N–H and O–H groups in total. The number of methoxy groups -OCH3 is 1. The molecular weight excluding hydrogens is 406 g/mol. The van der Waals surface area contributed by atoms with E-state index >= 15 is 0 Å². The first-order valence-corrected chi connectivity index (χ1v) is 10.8. The van der Waals surface area contributed by atoms with Crippen molar-refractivity contribution in [2.75, 3.05) is 25.3 Å². The van der Waals surface area contributed by atoms with E-state index in [1.165, 1.54) is 23.1 Å². The molecule has 4 rings (SSSR count). The van der Waals surface area contributed by atoms with Crippen molar-refractivity contribution in [3.05, 3.63) is 70.3 Å². The first-order valence-electron chi connectivity index (χ1n) is 8.92. The molecule has 0 radical (unpaired) electrons. The zero-order chi connectivity index (χ0) is 20.2. The summed E-state index contributed by atoms with van der Waals surface area (Å²) in [4.78, 5) is 18.2. The van der Waals surface area contributed by atoms with Gasteiger partial charge in [-0.3, -0.25) is 4.79 Å². The molecule has 0 unspecified atom stereocenters. The van der Waals surface area contributed by atoms with Crippen LogP contribution in [0.15, 0.2) is 69.9 Å². The largest absolute Gasteiger partial charge is 0.497 e. The highest BCUT2D eigenvalue weighted by Gasteiger charge is 2.16. The normalized spacial score (nSPS) is 10.9. The third kappa shape index (κ3) is 4.08. The van der Waals surface area contributed by atoms with Gasteiger partial charge >= 0.3 is 0 Å². The monoisotopic (exact) mass is 425 g/mol. The minimum absolute atomic E-state index is 0.242. The topological polar surface area (TPSA) is 79.4 Å². The highest BCUT2D eigenvalue weighted by Crippen LogP contribution is 2.31. The third-order valence-electron chi connectivity index (χ3n) is 4.33. The van der Waals surface area contributed by atoms with Gasteiger partial charge in [-0.25, -0.2) is 9.66 Å². The van der Waals surface area contributed by atoms with E-state index in [0.29, 0.717) is 27.7 Å². The van der Waals surface area contributed by atoms with Crippen LogP contribution in [0.25, 0.3) is 21.3 Å². The number of aromatic nitrogens is 2. The van der Waals surface area contributed by atoms with Crippen molar-refractivity contribution < 1.29 is 9.47 Å². The van der Waals surface area contributed by atoms with Gasteiger partial charge in [0.05, 0.1) is 19.1 Å². The van der Waals surface area contributed by atoms with Crippen LogP contribution in [0.1, 0.15) is 0 Å². The number of ether oxygens (including phenoxy) is 2. The number of hydrogen-bond acceptors (Lipinski definition) is 7. The molecule has 0 aliphatic heterocycles. The number of fused-ring (bicyclic) bond motifs is 1. The van der Waals surface area contributed by atoms with Crippen molar-refractivity contribution in [2.45, 2.75) is 5.16 Å². The Morgan fingerprint density at radius 3 is 2.55 bits per heavy atom. The summed E-state index contributed by atoms with van der Waals surface area (Å²) in [5.74, 6) is 8.20. The molecule has 2 aromatic carbocycles. The summed E-state index contributed by atoms with van der Waals surface area (Å²) in [6.07, 6.45) is 0. The minimum Gasteiger partial charge on any atom is -0.497 e. The quantitative estimate of drug-likeness (QED) is 0.209. The standard InChI is InChI=1S/C21H19N3O3S2/c1-26-15-7-9-16(10-8-15)27-11-12-28-21-23-19-18(20(25)24(21)22)17(13-29-19)14-5-3-2-4-6-14/h2-10,13H,11-12,22H2,1H3. The first-order chi connectivity index (χ1) is 14.2. The van der Waals surface area contributed by atoms with E-state index in [1.807, 2.05) is 60.0 Å². The van der Waals surface area contributed by atoms with E-state index in [1.54, 1.807) is 7.11 Å². The van der Waals surface area contributed by atoms with Crippen LogP contribution in [0.2, 0.25) is 0 Å². The fraction of sp³-hybridized carbons (Fsp3) is 0.143. The van der Waals surface area contributed by atoms with E-state index < -0.39 is 0 Å². The molecule has 8 heteroatoms. The molecule has 2 heterocycles. The lowest BCUT2D eigenvalue weighted by Crippen LogP contribution is -2.29. The maximum absolute atomic E-state index is 12.9. The molecule has 0 saturated heterocycles. The van der Waals surface area contributed by atoms with Crippen molar-refractivity contribution in [1.82, 2.24) is 9.66 Å². The minimum atomic E-state index is -0.242. The lowest BCUT2D eigenvalue weighted by molar-refractivity contribution is 0.342. The number of thioether (sulfide) groups is 1. The molecule has 0 amide bonds. The molecule has 4 aromatic rings. The van der Waals surface area contributed by atoms with Gasteiger partial charge < -0.3 is 15.3 Å². The van der Waals surface area contributed by atoms with Gasteiger partial charge in [-0.05, 0) is 29.8 Å². The summed E-state index contributed by atoms with van der Waals surface area (Å²) in [6, 6.07) is 17.2. The molecule has 0 aliphatic rings. The smallest absolute Gasteiger partial charge is 0.282 e. The summed E-state index contributed by atoms with van der Waals surface area (Å²) in [6.45, 7) is 0.463. The van der Waals surface area contributed by atoms with Crippen LogP contribution >= 0.6 is 23.1 Å². The number of rotatable bonds is 7. The van der Waals surface area contributed by atoms with Gasteiger partial charge in [0.15, 0.2) is 5.16 Å².